The zero-order valence-electron chi connectivity index (χ0n) is 14.0. The maximum atomic E-state index is 12.5. The Morgan fingerprint density at radius 3 is 2.46 bits per heavy atom. The smallest absolute Gasteiger partial charge is 0.307 e. The van der Waals surface area contributed by atoms with Crippen molar-refractivity contribution in [2.75, 3.05) is 26.5 Å². The number of carbonyl (C=O) groups excluding carboxylic acids is 2. The maximum absolute atomic E-state index is 12.5. The van der Waals surface area contributed by atoms with Crippen LogP contribution in [0.25, 0.3) is 0 Å². The number of esters is 1. The Morgan fingerprint density at radius 1 is 1.29 bits per heavy atom. The monoisotopic (exact) mass is 372 g/mol. The molecule has 0 saturated carbocycles. The summed E-state index contributed by atoms with van der Waals surface area (Å²) in [7, 11) is 1.37. The lowest BCUT2D eigenvalue weighted by Gasteiger charge is -2.25. The highest BCUT2D eigenvalue weighted by Crippen LogP contribution is 2.23. The molecule has 2 N–H and O–H groups in total. The van der Waals surface area contributed by atoms with Crippen LogP contribution in [0, 0.1) is 5.92 Å². The second-order valence-electron chi connectivity index (χ2n) is 5.64. The third-order valence-electron chi connectivity index (χ3n) is 4.14. The fourth-order valence-electron chi connectivity index (χ4n) is 2.71. The highest BCUT2D eigenvalue weighted by Gasteiger charge is 2.25. The number of carbonyl (C=O) groups is 2. The number of hydrogen-bond acceptors (Lipinski definition) is 5. The molecule has 1 fully saturated rings. The molecule has 1 unspecified atom stereocenters. The largest absolute Gasteiger partial charge is 0.469 e. The number of rotatable bonds is 6. The number of amides is 1. The van der Waals surface area contributed by atoms with E-state index < -0.39 is 0 Å². The normalized spacial score (nSPS) is 15.9. The van der Waals surface area contributed by atoms with Gasteiger partial charge in [0.15, 0.2) is 0 Å². The van der Waals surface area contributed by atoms with E-state index in [0.29, 0.717) is 0 Å². The third-order valence-corrected chi connectivity index (χ3v) is 4.89. The maximum Gasteiger partial charge on any atom is 0.307 e. The van der Waals surface area contributed by atoms with Crippen molar-refractivity contribution in [3.8, 4) is 0 Å². The van der Waals surface area contributed by atoms with Crippen LogP contribution in [0.15, 0.2) is 29.2 Å². The van der Waals surface area contributed by atoms with Crippen molar-refractivity contribution in [3.05, 3.63) is 29.8 Å². The zero-order chi connectivity index (χ0) is 16.7. The summed E-state index contributed by atoms with van der Waals surface area (Å²) in [5.41, 5.74) is 0.926. The van der Waals surface area contributed by atoms with Gasteiger partial charge in [-0.15, -0.1) is 24.2 Å². The van der Waals surface area contributed by atoms with Gasteiger partial charge >= 0.3 is 5.97 Å². The molecule has 1 aromatic carbocycles. The second-order valence-corrected chi connectivity index (χ2v) is 6.52. The van der Waals surface area contributed by atoms with E-state index in [1.54, 1.807) is 11.8 Å². The molecule has 1 heterocycles. The molecule has 0 aliphatic carbocycles. The van der Waals surface area contributed by atoms with Crippen molar-refractivity contribution in [2.45, 2.75) is 30.2 Å². The van der Waals surface area contributed by atoms with Gasteiger partial charge < -0.3 is 15.4 Å². The predicted molar refractivity (Wildman–Crippen MR) is 98.6 cm³/mol. The van der Waals surface area contributed by atoms with Crippen LogP contribution in [-0.2, 0) is 14.3 Å². The van der Waals surface area contributed by atoms with Gasteiger partial charge in [-0.2, -0.15) is 0 Å². The van der Waals surface area contributed by atoms with Crippen LogP contribution in [0.3, 0.4) is 0 Å². The van der Waals surface area contributed by atoms with E-state index in [2.05, 4.69) is 10.6 Å². The van der Waals surface area contributed by atoms with E-state index >= 15 is 0 Å². The van der Waals surface area contributed by atoms with Gasteiger partial charge in [0.2, 0.25) is 5.91 Å². The van der Waals surface area contributed by atoms with Crippen LogP contribution in [0.1, 0.15) is 30.9 Å². The molecule has 2 rings (SSSR count). The van der Waals surface area contributed by atoms with Crippen molar-refractivity contribution in [2.24, 2.45) is 5.92 Å². The van der Waals surface area contributed by atoms with Crippen LogP contribution in [0.4, 0.5) is 0 Å². The Bertz CT molecular complexity index is 533. The number of hydrogen-bond donors (Lipinski definition) is 2. The highest BCUT2D eigenvalue weighted by atomic mass is 35.5. The van der Waals surface area contributed by atoms with Gasteiger partial charge in [-0.05, 0) is 49.9 Å². The number of nitrogens with one attached hydrogen (secondary N) is 2. The molecule has 134 valence electrons. The fraction of sp³-hybridized carbons (Fsp3) is 0.529. The third kappa shape index (κ3) is 6.00. The van der Waals surface area contributed by atoms with Gasteiger partial charge in [0.1, 0.15) is 0 Å². The summed E-state index contributed by atoms with van der Waals surface area (Å²) >= 11 is 1.66. The first-order valence-corrected chi connectivity index (χ1v) is 9.08. The van der Waals surface area contributed by atoms with E-state index in [1.165, 1.54) is 7.11 Å². The molecule has 1 aromatic rings. The molecule has 1 aliphatic rings. The van der Waals surface area contributed by atoms with Gasteiger partial charge in [-0.25, -0.2) is 0 Å². The summed E-state index contributed by atoms with van der Waals surface area (Å²) in [5, 5.41) is 6.28. The molecule has 1 aliphatic heterocycles. The van der Waals surface area contributed by atoms with Crippen molar-refractivity contribution >= 4 is 36.0 Å². The van der Waals surface area contributed by atoms with E-state index in [0.717, 1.165) is 36.4 Å². The Balaban J connectivity index is 0.00000288. The average molecular weight is 373 g/mol. The first-order valence-electron chi connectivity index (χ1n) is 7.86. The van der Waals surface area contributed by atoms with Crippen molar-refractivity contribution in [3.63, 3.8) is 0 Å². The van der Waals surface area contributed by atoms with Crippen LogP contribution < -0.4 is 10.6 Å². The minimum Gasteiger partial charge on any atom is -0.469 e. The van der Waals surface area contributed by atoms with E-state index in [4.69, 9.17) is 4.74 Å². The Kier molecular flexibility index (Phi) is 9.18. The lowest BCUT2D eigenvalue weighted by atomic mass is 9.95. The van der Waals surface area contributed by atoms with Crippen LogP contribution in [0.5, 0.6) is 0 Å². The van der Waals surface area contributed by atoms with Gasteiger partial charge in [0, 0.05) is 10.8 Å². The highest BCUT2D eigenvalue weighted by molar-refractivity contribution is 7.98. The first kappa shape index (κ1) is 20.8. The number of halogens is 1. The molecule has 24 heavy (non-hydrogen) atoms. The molecule has 0 bridgehead atoms. The number of thioether (sulfide) groups is 1. The molecule has 0 aromatic heterocycles. The minimum atomic E-state index is -0.347. The minimum absolute atomic E-state index is 0. The van der Waals surface area contributed by atoms with Gasteiger partial charge in [0.25, 0.3) is 0 Å². The average Bonchev–Trinajstić information content (AvgIpc) is 2.61. The summed E-state index contributed by atoms with van der Waals surface area (Å²) < 4.78 is 4.77. The van der Waals surface area contributed by atoms with Gasteiger partial charge in [-0.1, -0.05) is 12.1 Å². The lowest BCUT2D eigenvalue weighted by molar-refractivity contribution is -0.141. The summed E-state index contributed by atoms with van der Waals surface area (Å²) in [6.45, 7) is 1.73. The first-order chi connectivity index (χ1) is 11.1. The molecular weight excluding hydrogens is 348 g/mol. The standard InChI is InChI=1S/C17H24N2O3S.ClH/c1-22-16(20)11-15(12-3-5-14(23-2)6-4-12)19-17(21)13-7-9-18-10-8-13;/h3-6,13,15,18H,7-11H2,1-2H3,(H,19,21);1H. The molecule has 5 nitrogen and oxygen atoms in total. The quantitative estimate of drug-likeness (QED) is 0.593. The Morgan fingerprint density at radius 2 is 1.92 bits per heavy atom. The lowest BCUT2D eigenvalue weighted by Crippen LogP contribution is -2.40. The van der Waals surface area contributed by atoms with Crippen LogP contribution >= 0.6 is 24.2 Å². The van der Waals surface area contributed by atoms with Gasteiger partial charge in [-0.3, -0.25) is 9.59 Å². The molecular formula is C17H25ClN2O3S. The number of benzene rings is 1. The number of methoxy groups -OCH3 is 1. The Labute approximate surface area is 153 Å². The fourth-order valence-corrected chi connectivity index (χ4v) is 3.12. The molecule has 1 amide bonds. The number of ether oxygens (including phenoxy) is 1. The van der Waals surface area contributed by atoms with E-state index in [-0.39, 0.29) is 42.7 Å². The summed E-state index contributed by atoms with van der Waals surface area (Å²) in [6.07, 6.45) is 3.83. The van der Waals surface area contributed by atoms with Gasteiger partial charge in [0.05, 0.1) is 19.6 Å². The van der Waals surface area contributed by atoms with E-state index in [9.17, 15) is 9.59 Å². The Hall–Kier alpha value is -1.24. The molecule has 7 heteroatoms. The topological polar surface area (TPSA) is 67.4 Å². The molecule has 1 saturated heterocycles. The van der Waals surface area contributed by atoms with Crippen molar-refractivity contribution in [1.82, 2.24) is 10.6 Å². The zero-order valence-corrected chi connectivity index (χ0v) is 15.7. The summed E-state index contributed by atoms with van der Waals surface area (Å²) in [6, 6.07) is 7.58. The van der Waals surface area contributed by atoms with Crippen LogP contribution in [0.2, 0.25) is 0 Å². The second kappa shape index (κ2) is 10.6. The number of piperidine rings is 1. The molecule has 1 atom stereocenters. The predicted octanol–water partition coefficient (Wildman–Crippen LogP) is 2.55. The van der Waals surface area contributed by atoms with E-state index in [1.807, 2.05) is 30.5 Å². The van der Waals surface area contributed by atoms with Crippen molar-refractivity contribution < 1.29 is 14.3 Å². The summed E-state index contributed by atoms with van der Waals surface area (Å²) in [5.74, 6) is -0.286. The van der Waals surface area contributed by atoms with Crippen LogP contribution in [-0.4, -0.2) is 38.3 Å². The molecule has 0 spiro atoms. The summed E-state index contributed by atoms with van der Waals surface area (Å²) in [4.78, 5) is 25.3. The van der Waals surface area contributed by atoms with Crippen molar-refractivity contribution in [1.29, 1.82) is 0 Å². The molecule has 0 radical (unpaired) electrons. The SMILES string of the molecule is COC(=O)CC(NC(=O)C1CCNCC1)c1ccc(SC)cc1.Cl.